The first-order chi connectivity index (χ1) is 10.2. The van der Waals surface area contributed by atoms with Crippen molar-refractivity contribution in [3.63, 3.8) is 0 Å². The summed E-state index contributed by atoms with van der Waals surface area (Å²) in [6.07, 6.45) is 0.713. The third-order valence-corrected chi connectivity index (χ3v) is 4.33. The van der Waals surface area contributed by atoms with Gasteiger partial charge in [0.25, 0.3) is 5.56 Å². The van der Waals surface area contributed by atoms with Gasteiger partial charge >= 0.3 is 5.97 Å². The molecule has 0 aliphatic carbocycles. The number of fused-ring (bicyclic) bond motifs is 1. The highest BCUT2D eigenvalue weighted by Gasteiger charge is 2.14. The van der Waals surface area contributed by atoms with E-state index in [4.69, 9.17) is 0 Å². The van der Waals surface area contributed by atoms with Crippen molar-refractivity contribution >= 4 is 28.2 Å². The Morgan fingerprint density at radius 3 is 2.71 bits per heavy atom. The first kappa shape index (κ1) is 13.6. The van der Waals surface area contributed by atoms with Crippen LogP contribution in [-0.2, 0) is 13.0 Å². The highest BCUT2D eigenvalue weighted by molar-refractivity contribution is 7.09. The number of hydrogen-bond acceptors (Lipinski definition) is 3. The smallest absolute Gasteiger partial charge is 0.341 e. The molecule has 1 N–H and O–H groups in total. The highest BCUT2D eigenvalue weighted by atomic mass is 32.1. The Hall–Kier alpha value is -2.40. The Kier molecular flexibility index (Phi) is 3.58. The summed E-state index contributed by atoms with van der Waals surface area (Å²) in [4.78, 5) is 24.8. The normalized spacial score (nSPS) is 10.9. The van der Waals surface area contributed by atoms with Gasteiger partial charge in [0.15, 0.2) is 0 Å². The maximum atomic E-state index is 12.4. The molecule has 3 rings (SSSR count). The van der Waals surface area contributed by atoms with Crippen molar-refractivity contribution in [1.29, 1.82) is 0 Å². The molecule has 0 saturated carbocycles. The average molecular weight is 299 g/mol. The van der Waals surface area contributed by atoms with Crippen LogP contribution >= 0.6 is 11.3 Å². The molecule has 0 unspecified atom stereocenters. The van der Waals surface area contributed by atoms with E-state index < -0.39 is 11.5 Å². The van der Waals surface area contributed by atoms with Crippen molar-refractivity contribution in [2.75, 3.05) is 0 Å². The molecule has 5 heteroatoms. The van der Waals surface area contributed by atoms with Gasteiger partial charge in [0, 0.05) is 11.4 Å². The maximum Gasteiger partial charge on any atom is 0.341 e. The molecule has 0 aliphatic heterocycles. The molecule has 0 saturated heterocycles. The summed E-state index contributed by atoms with van der Waals surface area (Å²) >= 11 is 1.63. The Balaban J connectivity index is 2.12. The zero-order valence-electron chi connectivity index (χ0n) is 11.2. The molecular weight excluding hydrogens is 286 g/mol. The number of aryl methyl sites for hydroxylation is 2. The van der Waals surface area contributed by atoms with E-state index in [9.17, 15) is 14.7 Å². The van der Waals surface area contributed by atoms with Gasteiger partial charge < -0.3 is 9.67 Å². The quantitative estimate of drug-likeness (QED) is 0.805. The average Bonchev–Trinajstić information content (AvgIpc) is 2.99. The molecule has 0 fully saturated rings. The summed E-state index contributed by atoms with van der Waals surface area (Å²) in [5.41, 5.74) is 0.140. The van der Waals surface area contributed by atoms with Gasteiger partial charge in [-0.25, -0.2) is 4.79 Å². The minimum atomic E-state index is -1.18. The summed E-state index contributed by atoms with van der Waals surface area (Å²) in [5.74, 6) is -1.18. The number of carboxylic acids is 1. The van der Waals surface area contributed by atoms with Crippen LogP contribution in [0, 0.1) is 0 Å². The van der Waals surface area contributed by atoms with E-state index in [1.165, 1.54) is 10.9 Å². The molecule has 21 heavy (non-hydrogen) atoms. The fourth-order valence-corrected chi connectivity index (χ4v) is 3.08. The second-order valence-corrected chi connectivity index (χ2v) is 5.74. The number of para-hydroxylation sites is 1. The molecule has 0 bridgehead atoms. The lowest BCUT2D eigenvalue weighted by atomic mass is 10.1. The van der Waals surface area contributed by atoms with Crippen LogP contribution in [0.5, 0.6) is 0 Å². The van der Waals surface area contributed by atoms with Gasteiger partial charge in [0.1, 0.15) is 5.56 Å². The third kappa shape index (κ3) is 2.60. The number of benzene rings is 1. The Bertz CT molecular complexity index is 850. The number of nitrogens with zero attached hydrogens (tertiary/aromatic N) is 1. The molecule has 106 valence electrons. The van der Waals surface area contributed by atoms with Gasteiger partial charge in [-0.15, -0.1) is 11.3 Å². The fraction of sp³-hybridized carbons (Fsp3) is 0.125. The number of rotatable bonds is 4. The van der Waals surface area contributed by atoms with Crippen molar-refractivity contribution in [2.24, 2.45) is 0 Å². The molecule has 0 aliphatic rings. The van der Waals surface area contributed by atoms with Crippen molar-refractivity contribution in [3.8, 4) is 0 Å². The minimum Gasteiger partial charge on any atom is -0.477 e. The van der Waals surface area contributed by atoms with Crippen LogP contribution in [0.15, 0.2) is 52.6 Å². The van der Waals surface area contributed by atoms with Crippen LogP contribution in [0.3, 0.4) is 0 Å². The standard InChI is InChI=1S/C16H13NO3S/c18-15-13(16(19)20)10-11-4-1-2-6-14(11)17(15)8-7-12-5-3-9-21-12/h1-6,9-10H,7-8H2,(H,19,20). The van der Waals surface area contributed by atoms with Gasteiger partial charge in [0.2, 0.25) is 0 Å². The minimum absolute atomic E-state index is 0.181. The summed E-state index contributed by atoms with van der Waals surface area (Å²) in [6, 6.07) is 12.8. The van der Waals surface area contributed by atoms with Crippen LogP contribution in [0.4, 0.5) is 0 Å². The molecule has 0 amide bonds. The highest BCUT2D eigenvalue weighted by Crippen LogP contribution is 2.15. The maximum absolute atomic E-state index is 12.4. The van der Waals surface area contributed by atoms with Gasteiger partial charge in [-0.05, 0) is 35.4 Å². The van der Waals surface area contributed by atoms with E-state index in [0.717, 1.165) is 10.9 Å². The van der Waals surface area contributed by atoms with Crippen LogP contribution in [0.25, 0.3) is 10.9 Å². The third-order valence-electron chi connectivity index (χ3n) is 3.40. The molecular formula is C16H13NO3S. The molecule has 4 nitrogen and oxygen atoms in total. The number of aromatic carboxylic acids is 1. The molecule has 0 atom stereocenters. The van der Waals surface area contributed by atoms with E-state index in [1.807, 2.05) is 41.8 Å². The van der Waals surface area contributed by atoms with Crippen LogP contribution in [0.2, 0.25) is 0 Å². The second kappa shape index (κ2) is 5.54. The van der Waals surface area contributed by atoms with Crippen LogP contribution < -0.4 is 5.56 Å². The number of hydrogen-bond donors (Lipinski definition) is 1. The summed E-state index contributed by atoms with van der Waals surface area (Å²) in [6.45, 7) is 0.473. The van der Waals surface area contributed by atoms with Crippen molar-refractivity contribution in [2.45, 2.75) is 13.0 Å². The van der Waals surface area contributed by atoms with Crippen LogP contribution in [-0.4, -0.2) is 15.6 Å². The second-order valence-electron chi connectivity index (χ2n) is 4.71. The summed E-state index contributed by atoms with van der Waals surface area (Å²) < 4.78 is 1.55. The molecule has 2 heterocycles. The monoisotopic (exact) mass is 299 g/mol. The molecule has 2 aromatic heterocycles. The van der Waals surface area contributed by atoms with Crippen molar-refractivity contribution in [3.05, 3.63) is 68.6 Å². The van der Waals surface area contributed by atoms with E-state index in [-0.39, 0.29) is 5.56 Å². The van der Waals surface area contributed by atoms with E-state index in [0.29, 0.717) is 13.0 Å². The largest absolute Gasteiger partial charge is 0.477 e. The van der Waals surface area contributed by atoms with Gasteiger partial charge in [-0.3, -0.25) is 4.79 Å². The van der Waals surface area contributed by atoms with Gasteiger partial charge in [0.05, 0.1) is 5.52 Å². The van der Waals surface area contributed by atoms with Gasteiger partial charge in [-0.1, -0.05) is 24.3 Å². The first-order valence-electron chi connectivity index (χ1n) is 6.55. The molecule has 3 aromatic rings. The molecule has 0 radical (unpaired) electrons. The predicted molar refractivity (Wildman–Crippen MR) is 83.2 cm³/mol. The zero-order valence-corrected chi connectivity index (χ0v) is 12.0. The fourth-order valence-electron chi connectivity index (χ4n) is 2.38. The summed E-state index contributed by atoms with van der Waals surface area (Å²) in [7, 11) is 0. The summed E-state index contributed by atoms with van der Waals surface area (Å²) in [5, 5.41) is 11.9. The Morgan fingerprint density at radius 2 is 2.00 bits per heavy atom. The number of carbonyl (C=O) groups is 1. The van der Waals surface area contributed by atoms with E-state index >= 15 is 0 Å². The van der Waals surface area contributed by atoms with E-state index in [2.05, 4.69) is 0 Å². The zero-order chi connectivity index (χ0) is 14.8. The first-order valence-corrected chi connectivity index (χ1v) is 7.43. The van der Waals surface area contributed by atoms with Crippen molar-refractivity contribution in [1.82, 2.24) is 4.57 Å². The molecule has 1 aromatic carbocycles. The Labute approximate surface area is 124 Å². The molecule has 0 spiro atoms. The van der Waals surface area contributed by atoms with Crippen molar-refractivity contribution < 1.29 is 9.90 Å². The lowest BCUT2D eigenvalue weighted by molar-refractivity contribution is 0.0694. The lowest BCUT2D eigenvalue weighted by Crippen LogP contribution is -2.27. The number of pyridine rings is 1. The van der Waals surface area contributed by atoms with Crippen LogP contribution in [0.1, 0.15) is 15.2 Å². The SMILES string of the molecule is O=C(O)c1cc2ccccc2n(CCc2cccs2)c1=O. The number of thiophene rings is 1. The van der Waals surface area contributed by atoms with E-state index in [1.54, 1.807) is 15.9 Å². The topological polar surface area (TPSA) is 59.3 Å². The number of aromatic nitrogens is 1. The number of carboxylic acid groups (broad SMARTS) is 1. The van der Waals surface area contributed by atoms with Gasteiger partial charge in [-0.2, -0.15) is 0 Å². The lowest BCUT2D eigenvalue weighted by Gasteiger charge is -2.11. The predicted octanol–water partition coefficient (Wildman–Crippen LogP) is 3.00. The Morgan fingerprint density at radius 1 is 1.19 bits per heavy atom.